The number of hydrogen-bond acceptors (Lipinski definition) is 4. The maximum Gasteiger partial charge on any atom is 0.252 e. The third kappa shape index (κ3) is 3.59. The lowest BCUT2D eigenvalue weighted by Crippen LogP contribution is -2.28. The quantitative estimate of drug-likeness (QED) is 0.833. The van der Waals surface area contributed by atoms with E-state index in [4.69, 9.17) is 0 Å². The van der Waals surface area contributed by atoms with Crippen molar-refractivity contribution in [2.75, 3.05) is 12.8 Å². The molecule has 2 rings (SSSR count). The van der Waals surface area contributed by atoms with E-state index < -0.39 is 6.10 Å². The van der Waals surface area contributed by atoms with Gasteiger partial charge in [-0.3, -0.25) is 4.79 Å². The van der Waals surface area contributed by atoms with Gasteiger partial charge >= 0.3 is 0 Å². The molecule has 0 radical (unpaired) electrons. The van der Waals surface area contributed by atoms with Gasteiger partial charge in [0.15, 0.2) is 0 Å². The normalized spacial score (nSPS) is 12.1. The molecular formula is C14H15NO2S2. The van der Waals surface area contributed by atoms with Crippen molar-refractivity contribution >= 4 is 29.0 Å². The van der Waals surface area contributed by atoms with Gasteiger partial charge in [-0.05, 0) is 40.8 Å². The van der Waals surface area contributed by atoms with Gasteiger partial charge in [0.25, 0.3) is 5.91 Å². The molecule has 0 aliphatic carbocycles. The number of thioether (sulfide) groups is 1. The van der Waals surface area contributed by atoms with Crippen LogP contribution in [0.3, 0.4) is 0 Å². The zero-order chi connectivity index (χ0) is 13.7. The first-order valence-electron chi connectivity index (χ1n) is 5.83. The van der Waals surface area contributed by atoms with Crippen LogP contribution in [-0.4, -0.2) is 23.8 Å². The third-order valence-electron chi connectivity index (χ3n) is 2.74. The van der Waals surface area contributed by atoms with Crippen molar-refractivity contribution < 1.29 is 9.90 Å². The molecule has 0 bridgehead atoms. The van der Waals surface area contributed by atoms with Crippen molar-refractivity contribution in [1.29, 1.82) is 0 Å². The first-order chi connectivity index (χ1) is 9.22. The second kappa shape index (κ2) is 6.75. The predicted octanol–water partition coefficient (Wildman–Crippen LogP) is 2.93. The summed E-state index contributed by atoms with van der Waals surface area (Å²) in [5.74, 6) is -0.153. The summed E-state index contributed by atoms with van der Waals surface area (Å²) < 4.78 is 0. The minimum Gasteiger partial charge on any atom is -0.387 e. The lowest BCUT2D eigenvalue weighted by Gasteiger charge is -2.12. The second-order valence-corrected chi connectivity index (χ2v) is 5.61. The van der Waals surface area contributed by atoms with Crippen molar-refractivity contribution in [3.8, 4) is 0 Å². The Morgan fingerprint density at radius 3 is 2.89 bits per heavy atom. The van der Waals surface area contributed by atoms with Crippen LogP contribution in [0.1, 0.15) is 22.0 Å². The summed E-state index contributed by atoms with van der Waals surface area (Å²) in [4.78, 5) is 13.0. The molecule has 0 unspecified atom stereocenters. The van der Waals surface area contributed by atoms with Crippen molar-refractivity contribution in [3.63, 3.8) is 0 Å². The van der Waals surface area contributed by atoms with Gasteiger partial charge in [-0.15, -0.1) is 11.8 Å². The van der Waals surface area contributed by atoms with E-state index in [1.165, 1.54) is 23.1 Å². The fraction of sp³-hybridized carbons (Fsp3) is 0.214. The predicted molar refractivity (Wildman–Crippen MR) is 79.8 cm³/mol. The number of benzene rings is 1. The zero-order valence-electron chi connectivity index (χ0n) is 10.5. The summed E-state index contributed by atoms with van der Waals surface area (Å²) in [5, 5.41) is 16.5. The van der Waals surface area contributed by atoms with Crippen LogP contribution < -0.4 is 5.32 Å². The van der Waals surface area contributed by atoms with E-state index in [-0.39, 0.29) is 12.5 Å². The highest BCUT2D eigenvalue weighted by molar-refractivity contribution is 7.98. The fourth-order valence-electron chi connectivity index (χ4n) is 1.70. The second-order valence-electron chi connectivity index (χ2n) is 3.98. The van der Waals surface area contributed by atoms with Crippen LogP contribution in [-0.2, 0) is 0 Å². The molecule has 0 saturated carbocycles. The summed E-state index contributed by atoms with van der Waals surface area (Å²) in [6.07, 6.45) is 1.28. The lowest BCUT2D eigenvalue weighted by atomic mass is 10.2. The van der Waals surface area contributed by atoms with Gasteiger partial charge in [-0.2, -0.15) is 11.3 Å². The van der Waals surface area contributed by atoms with E-state index in [2.05, 4.69) is 5.32 Å². The highest BCUT2D eigenvalue weighted by Gasteiger charge is 2.13. The summed E-state index contributed by atoms with van der Waals surface area (Å²) in [6, 6.07) is 9.30. The molecule has 0 spiro atoms. The van der Waals surface area contributed by atoms with Crippen LogP contribution in [0.25, 0.3) is 0 Å². The van der Waals surface area contributed by atoms with Gasteiger partial charge in [-0.1, -0.05) is 12.1 Å². The van der Waals surface area contributed by atoms with Gasteiger partial charge in [0.1, 0.15) is 0 Å². The van der Waals surface area contributed by atoms with Gasteiger partial charge in [0.2, 0.25) is 0 Å². The first-order valence-corrected chi connectivity index (χ1v) is 8.00. The van der Waals surface area contributed by atoms with Crippen LogP contribution in [0.2, 0.25) is 0 Å². The van der Waals surface area contributed by atoms with Crippen LogP contribution in [0, 0.1) is 0 Å². The van der Waals surface area contributed by atoms with Crippen molar-refractivity contribution in [3.05, 3.63) is 52.2 Å². The number of carbonyl (C=O) groups excluding carboxylic acids is 1. The minimum absolute atomic E-state index is 0.153. The summed E-state index contributed by atoms with van der Waals surface area (Å²) in [5.41, 5.74) is 1.48. The molecule has 0 fully saturated rings. The molecule has 0 saturated heterocycles. The highest BCUT2D eigenvalue weighted by atomic mass is 32.2. The molecule has 2 N–H and O–H groups in total. The molecule has 100 valence electrons. The standard InChI is InChI=1S/C14H15NO2S2/c1-18-13-5-3-2-4-11(13)14(17)15-8-12(16)10-6-7-19-9-10/h2-7,9,12,16H,8H2,1H3,(H,15,17)/t12-/m0/s1. The maximum atomic E-state index is 12.1. The fourth-order valence-corrected chi connectivity index (χ4v) is 3.00. The Morgan fingerprint density at radius 1 is 1.42 bits per heavy atom. The van der Waals surface area contributed by atoms with Crippen LogP contribution in [0.4, 0.5) is 0 Å². The smallest absolute Gasteiger partial charge is 0.252 e. The van der Waals surface area contributed by atoms with E-state index in [1.54, 1.807) is 6.07 Å². The minimum atomic E-state index is -0.656. The Labute approximate surface area is 120 Å². The number of aliphatic hydroxyl groups excluding tert-OH is 1. The Morgan fingerprint density at radius 2 is 2.21 bits per heavy atom. The van der Waals surface area contributed by atoms with Gasteiger partial charge in [-0.25, -0.2) is 0 Å². The molecular weight excluding hydrogens is 278 g/mol. The van der Waals surface area contributed by atoms with Gasteiger partial charge in [0, 0.05) is 11.4 Å². The third-order valence-corrected chi connectivity index (χ3v) is 4.23. The SMILES string of the molecule is CSc1ccccc1C(=O)NC[C@H](O)c1ccsc1. The molecule has 1 atom stereocenters. The summed E-state index contributed by atoms with van der Waals surface area (Å²) in [7, 11) is 0. The average molecular weight is 293 g/mol. The summed E-state index contributed by atoms with van der Waals surface area (Å²) in [6.45, 7) is 0.221. The summed E-state index contributed by atoms with van der Waals surface area (Å²) >= 11 is 3.06. The Balaban J connectivity index is 1.98. The Kier molecular flexibility index (Phi) is 5.01. The van der Waals surface area contributed by atoms with Crippen LogP contribution >= 0.6 is 23.1 Å². The van der Waals surface area contributed by atoms with Crippen LogP contribution in [0.15, 0.2) is 46.0 Å². The van der Waals surface area contributed by atoms with E-state index in [0.29, 0.717) is 5.56 Å². The number of amides is 1. The number of carbonyl (C=O) groups is 1. The number of hydrogen-bond donors (Lipinski definition) is 2. The number of nitrogens with one attached hydrogen (secondary N) is 1. The topological polar surface area (TPSA) is 49.3 Å². The lowest BCUT2D eigenvalue weighted by molar-refractivity contribution is 0.0913. The molecule has 1 amide bonds. The first kappa shape index (κ1) is 14.1. The molecule has 19 heavy (non-hydrogen) atoms. The van der Waals surface area contributed by atoms with E-state index in [9.17, 15) is 9.90 Å². The Hall–Kier alpha value is -1.30. The van der Waals surface area contributed by atoms with Gasteiger partial charge in [0.05, 0.1) is 11.7 Å². The molecule has 5 heteroatoms. The van der Waals surface area contributed by atoms with Crippen LogP contribution in [0.5, 0.6) is 0 Å². The molecule has 1 heterocycles. The van der Waals surface area contributed by atoms with Crippen molar-refractivity contribution in [2.45, 2.75) is 11.0 Å². The number of thiophene rings is 1. The number of rotatable bonds is 5. The molecule has 2 aromatic rings. The molecule has 3 nitrogen and oxygen atoms in total. The van der Waals surface area contributed by atoms with E-state index >= 15 is 0 Å². The molecule has 1 aromatic heterocycles. The molecule has 0 aliphatic rings. The highest BCUT2D eigenvalue weighted by Crippen LogP contribution is 2.20. The molecule has 0 aliphatic heterocycles. The van der Waals surface area contributed by atoms with E-state index in [0.717, 1.165) is 10.5 Å². The molecule has 1 aromatic carbocycles. The zero-order valence-corrected chi connectivity index (χ0v) is 12.1. The average Bonchev–Trinajstić information content (AvgIpc) is 2.98. The Bertz CT molecular complexity index is 540. The largest absolute Gasteiger partial charge is 0.387 e. The maximum absolute atomic E-state index is 12.1. The van der Waals surface area contributed by atoms with Crippen molar-refractivity contribution in [1.82, 2.24) is 5.32 Å². The van der Waals surface area contributed by atoms with Gasteiger partial charge < -0.3 is 10.4 Å². The van der Waals surface area contributed by atoms with Crippen molar-refractivity contribution in [2.24, 2.45) is 0 Å². The van der Waals surface area contributed by atoms with E-state index in [1.807, 2.05) is 41.3 Å². The number of aliphatic hydroxyl groups is 1. The monoisotopic (exact) mass is 293 g/mol.